The number of ether oxygens (including phenoxy) is 1. The van der Waals surface area contributed by atoms with Crippen molar-refractivity contribution in [3.63, 3.8) is 0 Å². The molecule has 0 atom stereocenters. The van der Waals surface area contributed by atoms with Crippen LogP contribution in [0.1, 0.15) is 12.0 Å². The van der Waals surface area contributed by atoms with Crippen LogP contribution in [0, 0.1) is 12.7 Å². The number of hydrogen-bond donors (Lipinski definition) is 2. The van der Waals surface area contributed by atoms with E-state index in [1.54, 1.807) is 0 Å². The van der Waals surface area contributed by atoms with Gasteiger partial charge < -0.3 is 15.0 Å². The monoisotopic (exact) mass is 417 g/mol. The zero-order valence-corrected chi connectivity index (χ0v) is 16.8. The zero-order valence-electron chi connectivity index (χ0n) is 14.4. The average molecular weight is 418 g/mol. The Labute approximate surface area is 161 Å². The van der Waals surface area contributed by atoms with Gasteiger partial charge in [0.25, 0.3) is 0 Å². The number of nitrogens with zero attached hydrogens (tertiary/aromatic N) is 1. The normalized spacial score (nSPS) is 15.2. The van der Waals surface area contributed by atoms with Crippen molar-refractivity contribution in [2.24, 2.45) is 0 Å². The predicted molar refractivity (Wildman–Crippen MR) is 101 cm³/mol. The number of rotatable bonds is 7. The summed E-state index contributed by atoms with van der Waals surface area (Å²) in [5, 5.41) is 3.27. The van der Waals surface area contributed by atoms with Crippen LogP contribution in [0.2, 0.25) is 0 Å². The zero-order chi connectivity index (χ0) is 16.9. The standard InChI is InChI=1S/C15H24FN3O3S.2ClH/c1-12-14(5-4-13(22-2)15(12)16)23(20,21)18-6-3-9-19-10-7-17-8-11-19;;/h4-5,17-18H,3,6-11H2,1-2H3;2*1H. The average Bonchev–Trinajstić information content (AvgIpc) is 2.55. The molecule has 0 saturated carbocycles. The predicted octanol–water partition coefficient (Wildman–Crippen LogP) is 1.56. The van der Waals surface area contributed by atoms with Crippen molar-refractivity contribution >= 4 is 34.8 Å². The van der Waals surface area contributed by atoms with E-state index in [1.807, 2.05) is 0 Å². The molecule has 0 bridgehead atoms. The van der Waals surface area contributed by atoms with Gasteiger partial charge in [0.1, 0.15) is 0 Å². The molecule has 1 aromatic rings. The molecule has 0 radical (unpaired) electrons. The first-order valence-corrected chi connectivity index (χ1v) is 9.20. The van der Waals surface area contributed by atoms with Crippen molar-refractivity contribution < 1.29 is 17.5 Å². The molecular weight excluding hydrogens is 392 g/mol. The fourth-order valence-corrected chi connectivity index (χ4v) is 3.92. The third-order valence-corrected chi connectivity index (χ3v) is 5.57. The molecular formula is C15H26Cl2FN3O3S. The van der Waals surface area contributed by atoms with E-state index in [9.17, 15) is 12.8 Å². The molecule has 6 nitrogen and oxygen atoms in total. The summed E-state index contributed by atoms with van der Waals surface area (Å²) < 4.78 is 46.0. The highest BCUT2D eigenvalue weighted by molar-refractivity contribution is 7.89. The van der Waals surface area contributed by atoms with Crippen LogP contribution in [0.4, 0.5) is 4.39 Å². The maximum Gasteiger partial charge on any atom is 0.240 e. The molecule has 1 aromatic carbocycles. The van der Waals surface area contributed by atoms with Crippen LogP contribution in [0.15, 0.2) is 17.0 Å². The number of methoxy groups -OCH3 is 1. The van der Waals surface area contributed by atoms with Gasteiger partial charge in [-0.25, -0.2) is 17.5 Å². The summed E-state index contributed by atoms with van der Waals surface area (Å²) >= 11 is 0. The summed E-state index contributed by atoms with van der Waals surface area (Å²) in [7, 11) is -2.37. The van der Waals surface area contributed by atoms with Crippen molar-refractivity contribution in [1.29, 1.82) is 0 Å². The van der Waals surface area contributed by atoms with Gasteiger partial charge in [0.15, 0.2) is 11.6 Å². The van der Waals surface area contributed by atoms with E-state index >= 15 is 0 Å². The highest BCUT2D eigenvalue weighted by atomic mass is 35.5. The van der Waals surface area contributed by atoms with Crippen molar-refractivity contribution in [3.05, 3.63) is 23.5 Å². The summed E-state index contributed by atoms with van der Waals surface area (Å²) in [6, 6.07) is 2.70. The highest BCUT2D eigenvalue weighted by Crippen LogP contribution is 2.25. The van der Waals surface area contributed by atoms with E-state index < -0.39 is 15.8 Å². The molecule has 0 amide bonds. The Bertz CT molecular complexity index is 641. The van der Waals surface area contributed by atoms with Gasteiger partial charge in [-0.3, -0.25) is 0 Å². The number of hydrogen-bond acceptors (Lipinski definition) is 5. The molecule has 1 aliphatic rings. The van der Waals surface area contributed by atoms with Crippen LogP contribution in [0.5, 0.6) is 5.75 Å². The molecule has 0 spiro atoms. The van der Waals surface area contributed by atoms with E-state index in [4.69, 9.17) is 4.74 Å². The van der Waals surface area contributed by atoms with Gasteiger partial charge in [0, 0.05) is 38.3 Å². The number of nitrogens with one attached hydrogen (secondary N) is 2. The summed E-state index contributed by atoms with van der Waals surface area (Å²) in [5.41, 5.74) is 0.0685. The van der Waals surface area contributed by atoms with Gasteiger partial charge in [0.2, 0.25) is 10.0 Å². The molecule has 146 valence electrons. The van der Waals surface area contributed by atoms with Crippen molar-refractivity contribution in [2.45, 2.75) is 18.2 Å². The third-order valence-electron chi connectivity index (χ3n) is 3.96. The van der Waals surface area contributed by atoms with Crippen LogP contribution >= 0.6 is 24.8 Å². The first-order valence-electron chi connectivity index (χ1n) is 7.71. The quantitative estimate of drug-likeness (QED) is 0.658. The molecule has 10 heteroatoms. The van der Waals surface area contributed by atoms with Crippen LogP contribution in [-0.2, 0) is 10.0 Å². The molecule has 1 heterocycles. The molecule has 1 fully saturated rings. The van der Waals surface area contributed by atoms with Crippen LogP contribution < -0.4 is 14.8 Å². The Morgan fingerprint density at radius 1 is 1.28 bits per heavy atom. The Morgan fingerprint density at radius 3 is 2.52 bits per heavy atom. The summed E-state index contributed by atoms with van der Waals surface area (Å²) in [6.07, 6.45) is 0.719. The molecule has 0 aromatic heterocycles. The summed E-state index contributed by atoms with van der Waals surface area (Å²) in [5.74, 6) is -0.601. The minimum Gasteiger partial charge on any atom is -0.494 e. The van der Waals surface area contributed by atoms with Gasteiger partial charge in [-0.15, -0.1) is 24.8 Å². The largest absolute Gasteiger partial charge is 0.494 e. The highest BCUT2D eigenvalue weighted by Gasteiger charge is 2.21. The van der Waals surface area contributed by atoms with Gasteiger partial charge in [-0.1, -0.05) is 0 Å². The molecule has 1 aliphatic heterocycles. The lowest BCUT2D eigenvalue weighted by molar-refractivity contribution is 0.239. The molecule has 2 N–H and O–H groups in total. The second-order valence-corrected chi connectivity index (χ2v) is 7.28. The van der Waals surface area contributed by atoms with Crippen LogP contribution in [-0.4, -0.2) is 59.7 Å². The van der Waals surface area contributed by atoms with E-state index in [0.717, 1.165) is 39.1 Å². The SMILES string of the molecule is COc1ccc(S(=O)(=O)NCCCN2CCNCC2)c(C)c1F.Cl.Cl. The van der Waals surface area contributed by atoms with Gasteiger partial charge >= 0.3 is 0 Å². The van der Waals surface area contributed by atoms with Crippen molar-refractivity contribution in [3.8, 4) is 5.75 Å². The van der Waals surface area contributed by atoms with E-state index in [-0.39, 0.29) is 41.0 Å². The van der Waals surface area contributed by atoms with Gasteiger partial charge in [0.05, 0.1) is 12.0 Å². The minimum atomic E-state index is -3.72. The Morgan fingerprint density at radius 2 is 1.92 bits per heavy atom. The van der Waals surface area contributed by atoms with Crippen LogP contribution in [0.3, 0.4) is 0 Å². The number of piperazine rings is 1. The maximum atomic E-state index is 14.0. The second kappa shape index (κ2) is 11.2. The molecule has 1 saturated heterocycles. The third kappa shape index (κ3) is 6.54. The maximum absolute atomic E-state index is 14.0. The fraction of sp³-hybridized carbons (Fsp3) is 0.600. The molecule has 2 rings (SSSR count). The Kier molecular flexibility index (Phi) is 10.9. The summed E-state index contributed by atoms with van der Waals surface area (Å²) in [6.45, 7) is 6.52. The van der Waals surface area contributed by atoms with Crippen molar-refractivity contribution in [1.82, 2.24) is 14.9 Å². The van der Waals surface area contributed by atoms with E-state index in [0.29, 0.717) is 6.54 Å². The molecule has 0 unspecified atom stereocenters. The fourth-order valence-electron chi connectivity index (χ4n) is 2.61. The lowest BCUT2D eigenvalue weighted by atomic mass is 10.2. The Balaban J connectivity index is 0.00000288. The summed E-state index contributed by atoms with van der Waals surface area (Å²) in [4.78, 5) is 2.25. The lowest BCUT2D eigenvalue weighted by Gasteiger charge is -2.27. The second-order valence-electron chi connectivity index (χ2n) is 5.55. The minimum absolute atomic E-state index is 0. The number of sulfonamides is 1. The number of halogens is 3. The van der Waals surface area contributed by atoms with Crippen molar-refractivity contribution in [2.75, 3.05) is 46.4 Å². The molecule has 25 heavy (non-hydrogen) atoms. The van der Waals surface area contributed by atoms with E-state index in [2.05, 4.69) is 14.9 Å². The van der Waals surface area contributed by atoms with Gasteiger partial charge in [-0.2, -0.15) is 0 Å². The topological polar surface area (TPSA) is 70.7 Å². The van der Waals surface area contributed by atoms with Crippen LogP contribution in [0.25, 0.3) is 0 Å². The smallest absolute Gasteiger partial charge is 0.240 e. The number of benzene rings is 1. The van der Waals surface area contributed by atoms with E-state index in [1.165, 1.54) is 26.2 Å². The van der Waals surface area contributed by atoms with Gasteiger partial charge in [-0.05, 0) is 32.0 Å². The Hall–Kier alpha value is -0.640. The first kappa shape index (κ1) is 24.4. The molecule has 0 aliphatic carbocycles. The lowest BCUT2D eigenvalue weighted by Crippen LogP contribution is -2.44. The first-order chi connectivity index (χ1) is 11.0.